The Bertz CT molecular complexity index is 522. The van der Waals surface area contributed by atoms with E-state index >= 15 is 0 Å². The highest BCUT2D eigenvalue weighted by Crippen LogP contribution is 2.33. The van der Waals surface area contributed by atoms with Crippen LogP contribution in [0, 0.1) is 12.8 Å². The Hall–Kier alpha value is -1.81. The summed E-state index contributed by atoms with van der Waals surface area (Å²) in [6.45, 7) is 10.0. The molecule has 2 unspecified atom stereocenters. The van der Waals surface area contributed by atoms with E-state index in [1.807, 2.05) is 6.92 Å². The number of nitrogens with zero attached hydrogens (tertiary/aromatic N) is 1. The highest BCUT2D eigenvalue weighted by Gasteiger charge is 2.27. The summed E-state index contributed by atoms with van der Waals surface area (Å²) >= 11 is 0. The highest BCUT2D eigenvalue weighted by molar-refractivity contribution is 5.77. The minimum atomic E-state index is 0.135. The Labute approximate surface area is 133 Å². The molecule has 4 nitrogen and oxygen atoms in total. The van der Waals surface area contributed by atoms with Gasteiger partial charge in [0.25, 0.3) is 0 Å². The third-order valence-corrected chi connectivity index (χ3v) is 3.92. The summed E-state index contributed by atoms with van der Waals surface area (Å²) in [7, 11) is 0. The van der Waals surface area contributed by atoms with Crippen molar-refractivity contribution >= 4 is 5.96 Å². The van der Waals surface area contributed by atoms with Gasteiger partial charge in [-0.3, -0.25) is 0 Å². The molecule has 4 heteroatoms. The topological polar surface area (TPSA) is 59.6 Å². The molecule has 1 aliphatic rings. The molecule has 0 spiro atoms. The number of aliphatic imine (C=N–C) groups is 1. The molecule has 2 rings (SSSR count). The van der Waals surface area contributed by atoms with E-state index in [0.29, 0.717) is 18.4 Å². The first-order valence-electron chi connectivity index (χ1n) is 7.92. The van der Waals surface area contributed by atoms with Gasteiger partial charge in [0.1, 0.15) is 0 Å². The number of nitrogens with one attached hydrogen (secondary N) is 1. The molecule has 1 aliphatic heterocycles. The number of hydrogen-bond acceptors (Lipinski definition) is 2. The monoisotopic (exact) mass is 301 g/mol. The number of guanidine groups is 1. The molecule has 1 fully saturated rings. The SMILES string of the molecule is C=C(C)CN=C(N)NCC1CCCOC1c1ccc(C)cc1. The third-order valence-electron chi connectivity index (χ3n) is 3.92. The predicted octanol–water partition coefficient (Wildman–Crippen LogP) is 2.94. The zero-order chi connectivity index (χ0) is 15.9. The first-order valence-corrected chi connectivity index (χ1v) is 7.92. The molecule has 1 aromatic rings. The van der Waals surface area contributed by atoms with Crippen molar-refractivity contribution in [1.29, 1.82) is 0 Å². The van der Waals surface area contributed by atoms with Gasteiger partial charge in [0, 0.05) is 19.1 Å². The van der Waals surface area contributed by atoms with Crippen LogP contribution in [-0.4, -0.2) is 25.7 Å². The minimum Gasteiger partial charge on any atom is -0.373 e. The molecule has 1 saturated heterocycles. The van der Waals surface area contributed by atoms with Crippen LogP contribution in [0.4, 0.5) is 0 Å². The fourth-order valence-corrected chi connectivity index (χ4v) is 2.69. The van der Waals surface area contributed by atoms with Gasteiger partial charge in [-0.1, -0.05) is 42.0 Å². The van der Waals surface area contributed by atoms with Crippen LogP contribution in [0.5, 0.6) is 0 Å². The van der Waals surface area contributed by atoms with E-state index in [4.69, 9.17) is 10.5 Å². The van der Waals surface area contributed by atoms with Gasteiger partial charge in [-0.15, -0.1) is 0 Å². The first-order chi connectivity index (χ1) is 10.6. The molecule has 22 heavy (non-hydrogen) atoms. The standard InChI is InChI=1S/C18H27N3O/c1-13(2)11-20-18(19)21-12-16-5-4-10-22-17(16)15-8-6-14(3)7-9-15/h6-9,16-17H,1,4-5,10-12H2,2-3H3,(H3,19,20,21). The fourth-order valence-electron chi connectivity index (χ4n) is 2.69. The molecule has 0 aliphatic carbocycles. The molecule has 0 saturated carbocycles. The summed E-state index contributed by atoms with van der Waals surface area (Å²) in [6, 6.07) is 8.61. The second-order valence-electron chi connectivity index (χ2n) is 6.14. The third kappa shape index (κ3) is 4.88. The Morgan fingerprint density at radius 1 is 1.41 bits per heavy atom. The van der Waals surface area contributed by atoms with Gasteiger partial charge in [-0.05, 0) is 32.3 Å². The molecule has 3 N–H and O–H groups in total. The van der Waals surface area contributed by atoms with Crippen LogP contribution in [0.2, 0.25) is 0 Å². The van der Waals surface area contributed by atoms with Gasteiger partial charge in [-0.2, -0.15) is 0 Å². The zero-order valence-electron chi connectivity index (χ0n) is 13.6. The Kier molecular flexibility index (Phi) is 6.01. The van der Waals surface area contributed by atoms with E-state index in [1.54, 1.807) is 0 Å². The van der Waals surface area contributed by atoms with Gasteiger partial charge < -0.3 is 15.8 Å². The van der Waals surface area contributed by atoms with Crippen LogP contribution in [0.1, 0.15) is 37.0 Å². The summed E-state index contributed by atoms with van der Waals surface area (Å²) < 4.78 is 6.01. The number of hydrogen-bond donors (Lipinski definition) is 2. The Balaban J connectivity index is 1.96. The second-order valence-corrected chi connectivity index (χ2v) is 6.14. The van der Waals surface area contributed by atoms with Crippen LogP contribution in [0.15, 0.2) is 41.4 Å². The Morgan fingerprint density at radius 2 is 2.14 bits per heavy atom. The van der Waals surface area contributed by atoms with Gasteiger partial charge in [0.05, 0.1) is 12.6 Å². The maximum atomic E-state index is 6.01. The maximum absolute atomic E-state index is 6.01. The molecular formula is C18H27N3O. The van der Waals surface area contributed by atoms with Crippen LogP contribution in [0.3, 0.4) is 0 Å². The van der Waals surface area contributed by atoms with Crippen LogP contribution >= 0.6 is 0 Å². The normalized spacial score (nSPS) is 22.4. The van der Waals surface area contributed by atoms with Gasteiger partial charge >= 0.3 is 0 Å². The second kappa shape index (κ2) is 7.99. The van der Waals surface area contributed by atoms with E-state index < -0.39 is 0 Å². The maximum Gasteiger partial charge on any atom is 0.188 e. The average Bonchev–Trinajstić information content (AvgIpc) is 2.52. The van der Waals surface area contributed by atoms with E-state index in [2.05, 4.69) is 48.1 Å². The number of ether oxygens (including phenoxy) is 1. The van der Waals surface area contributed by atoms with E-state index in [9.17, 15) is 0 Å². The molecule has 0 bridgehead atoms. The van der Waals surface area contributed by atoms with Crippen LogP contribution in [-0.2, 0) is 4.74 Å². The average molecular weight is 301 g/mol. The van der Waals surface area contributed by atoms with Crippen molar-refractivity contribution < 1.29 is 4.74 Å². The molecule has 1 heterocycles. The quantitative estimate of drug-likeness (QED) is 0.499. The van der Waals surface area contributed by atoms with Crippen molar-refractivity contribution in [3.05, 3.63) is 47.5 Å². The fraction of sp³-hybridized carbons (Fsp3) is 0.500. The Morgan fingerprint density at radius 3 is 2.82 bits per heavy atom. The predicted molar refractivity (Wildman–Crippen MR) is 91.9 cm³/mol. The van der Waals surface area contributed by atoms with Crippen molar-refractivity contribution in [1.82, 2.24) is 5.32 Å². The molecule has 0 radical (unpaired) electrons. The molecule has 0 amide bonds. The number of benzene rings is 1. The van der Waals surface area contributed by atoms with E-state index in [0.717, 1.165) is 31.6 Å². The van der Waals surface area contributed by atoms with Crippen molar-refractivity contribution in [2.45, 2.75) is 32.8 Å². The number of nitrogens with two attached hydrogens (primary N) is 1. The van der Waals surface area contributed by atoms with Crippen molar-refractivity contribution in [2.75, 3.05) is 19.7 Å². The summed E-state index contributed by atoms with van der Waals surface area (Å²) in [5, 5.41) is 3.23. The smallest absolute Gasteiger partial charge is 0.188 e. The van der Waals surface area contributed by atoms with Crippen molar-refractivity contribution in [3.8, 4) is 0 Å². The van der Waals surface area contributed by atoms with Crippen LogP contribution < -0.4 is 11.1 Å². The zero-order valence-corrected chi connectivity index (χ0v) is 13.6. The molecule has 1 aromatic carbocycles. The van der Waals surface area contributed by atoms with Crippen molar-refractivity contribution in [2.24, 2.45) is 16.6 Å². The first kappa shape index (κ1) is 16.6. The summed E-state index contributed by atoms with van der Waals surface area (Å²) in [5.41, 5.74) is 9.42. The van der Waals surface area contributed by atoms with Crippen molar-refractivity contribution in [3.63, 3.8) is 0 Å². The number of aryl methyl sites for hydroxylation is 1. The van der Waals surface area contributed by atoms with Gasteiger partial charge in [-0.25, -0.2) is 4.99 Å². The summed E-state index contributed by atoms with van der Waals surface area (Å²) in [5.74, 6) is 0.895. The van der Waals surface area contributed by atoms with E-state index in [1.165, 1.54) is 11.1 Å². The van der Waals surface area contributed by atoms with Gasteiger partial charge in [0.2, 0.25) is 0 Å². The highest BCUT2D eigenvalue weighted by atomic mass is 16.5. The van der Waals surface area contributed by atoms with Crippen LogP contribution in [0.25, 0.3) is 0 Å². The number of rotatable bonds is 5. The lowest BCUT2D eigenvalue weighted by molar-refractivity contribution is -0.0265. The lowest BCUT2D eigenvalue weighted by atomic mass is 9.89. The minimum absolute atomic E-state index is 0.135. The summed E-state index contributed by atoms with van der Waals surface area (Å²) in [6.07, 6.45) is 2.37. The molecule has 2 atom stereocenters. The lowest BCUT2D eigenvalue weighted by Gasteiger charge is -2.32. The summed E-state index contributed by atoms with van der Waals surface area (Å²) in [4.78, 5) is 4.26. The molecule has 0 aromatic heterocycles. The largest absolute Gasteiger partial charge is 0.373 e. The lowest BCUT2D eigenvalue weighted by Crippen LogP contribution is -2.39. The molecular weight excluding hydrogens is 274 g/mol. The van der Waals surface area contributed by atoms with E-state index in [-0.39, 0.29) is 6.10 Å². The molecule has 120 valence electrons. The van der Waals surface area contributed by atoms with Gasteiger partial charge in [0.15, 0.2) is 5.96 Å².